The summed E-state index contributed by atoms with van der Waals surface area (Å²) in [6.45, 7) is 15.3. The van der Waals surface area contributed by atoms with Gasteiger partial charge in [-0.15, -0.1) is 0 Å². The molecule has 1 N–H and O–H groups in total. The molecular weight excluding hydrogens is 567 g/mol. The standard InChI is InChI=1S/C30H38F3NO4.6CH4/c1-10-29(8,17-34)16-30(9,15-28(6,7)24-18(2)11-19(35)12-21(24)31)25-22(32)13-20(14-23(25)33)37-26(36)38-27(3,4)5;;;;;;/h11-14,35H,10,15-16H2,1-9H3;6*1H4. The Kier molecular flexibility index (Phi) is 20.5. The van der Waals surface area contributed by atoms with Crippen molar-refractivity contribution in [1.29, 1.82) is 5.26 Å². The number of carbonyl (C=O) groups excluding carboxylic acids is 1. The normalized spacial score (nSPS) is 13.2. The second-order valence-corrected chi connectivity index (χ2v) is 12.3. The molecule has 0 aliphatic carbocycles. The van der Waals surface area contributed by atoms with E-state index in [9.17, 15) is 15.2 Å². The van der Waals surface area contributed by atoms with Crippen LogP contribution in [0.2, 0.25) is 0 Å². The quantitative estimate of drug-likeness (QED) is 0.232. The number of phenolic OH excluding ortho intramolecular Hbond substituents is 1. The zero-order valence-electron chi connectivity index (χ0n) is 23.7. The van der Waals surface area contributed by atoms with Crippen LogP contribution in [0.1, 0.15) is 136 Å². The van der Waals surface area contributed by atoms with E-state index in [1.807, 2.05) is 6.92 Å². The predicted molar refractivity (Wildman–Crippen MR) is 180 cm³/mol. The largest absolute Gasteiger partial charge is 0.514 e. The van der Waals surface area contributed by atoms with Gasteiger partial charge < -0.3 is 14.6 Å². The first-order valence-electron chi connectivity index (χ1n) is 12.6. The fourth-order valence-corrected chi connectivity index (χ4v) is 5.54. The molecule has 0 saturated heterocycles. The molecule has 2 aromatic carbocycles. The summed E-state index contributed by atoms with van der Waals surface area (Å²) >= 11 is 0. The molecule has 0 spiro atoms. The van der Waals surface area contributed by atoms with Crippen LogP contribution in [-0.2, 0) is 15.6 Å². The molecule has 8 heteroatoms. The first-order valence-corrected chi connectivity index (χ1v) is 12.6. The van der Waals surface area contributed by atoms with Gasteiger partial charge in [0, 0.05) is 29.2 Å². The number of rotatable bonds is 8. The van der Waals surface area contributed by atoms with Gasteiger partial charge in [-0.25, -0.2) is 18.0 Å². The molecule has 0 heterocycles. The summed E-state index contributed by atoms with van der Waals surface area (Å²) in [7, 11) is 0. The van der Waals surface area contributed by atoms with E-state index < -0.39 is 45.5 Å². The van der Waals surface area contributed by atoms with Crippen molar-refractivity contribution in [3.63, 3.8) is 0 Å². The molecule has 2 atom stereocenters. The topological polar surface area (TPSA) is 79.5 Å². The van der Waals surface area contributed by atoms with Crippen molar-refractivity contribution in [2.45, 2.75) is 143 Å². The Morgan fingerprint density at radius 3 is 1.66 bits per heavy atom. The number of ether oxygens (including phenoxy) is 2. The Morgan fingerprint density at radius 1 is 0.818 bits per heavy atom. The van der Waals surface area contributed by atoms with Crippen LogP contribution in [-0.4, -0.2) is 16.9 Å². The van der Waals surface area contributed by atoms with Crippen LogP contribution in [0.3, 0.4) is 0 Å². The van der Waals surface area contributed by atoms with Crippen LogP contribution >= 0.6 is 0 Å². The molecule has 0 aliphatic heterocycles. The SMILES string of the molecule is C.C.C.C.C.C.CCC(C)(C#N)CC(C)(CC(C)(C)c1c(C)cc(O)cc1F)c1c(F)cc(OC(=O)OC(C)(C)C)cc1F. The Balaban J connectivity index is -0.000000845. The molecule has 2 unspecified atom stereocenters. The average molecular weight is 630 g/mol. The highest BCUT2D eigenvalue weighted by Gasteiger charge is 2.44. The number of nitrogens with zero attached hydrogens (tertiary/aromatic N) is 1. The van der Waals surface area contributed by atoms with E-state index in [1.54, 1.807) is 55.4 Å². The Hall–Kier alpha value is -3.21. The molecule has 2 rings (SSSR count). The fraction of sp³-hybridized carbons (Fsp3) is 0.611. The average Bonchev–Trinajstić information content (AvgIpc) is 2.69. The zero-order chi connectivity index (χ0) is 29.3. The molecule has 0 radical (unpaired) electrons. The number of benzene rings is 2. The van der Waals surface area contributed by atoms with Crippen molar-refractivity contribution in [2.75, 3.05) is 0 Å². The number of carbonyl (C=O) groups is 1. The van der Waals surface area contributed by atoms with Crippen molar-refractivity contribution < 1.29 is 32.5 Å². The Morgan fingerprint density at radius 2 is 1.27 bits per heavy atom. The van der Waals surface area contributed by atoms with Gasteiger partial charge in [-0.1, -0.05) is 72.3 Å². The lowest BCUT2D eigenvalue weighted by Crippen LogP contribution is -2.38. The van der Waals surface area contributed by atoms with Crippen molar-refractivity contribution >= 4 is 6.16 Å². The summed E-state index contributed by atoms with van der Waals surface area (Å²) in [5.41, 5.74) is -3.50. The minimum atomic E-state index is -1.28. The molecule has 256 valence electrons. The van der Waals surface area contributed by atoms with Gasteiger partial charge >= 0.3 is 6.16 Å². The number of nitriles is 1. The number of aromatic hydroxyl groups is 1. The summed E-state index contributed by atoms with van der Waals surface area (Å²) < 4.78 is 56.6. The first kappa shape index (κ1) is 50.4. The minimum absolute atomic E-state index is 0. The zero-order valence-corrected chi connectivity index (χ0v) is 23.7. The highest BCUT2D eigenvalue weighted by molar-refractivity contribution is 5.64. The summed E-state index contributed by atoms with van der Waals surface area (Å²) in [4.78, 5) is 12.1. The maximum atomic E-state index is 15.7. The first-order chi connectivity index (χ1) is 17.3. The van der Waals surface area contributed by atoms with Crippen molar-refractivity contribution in [2.24, 2.45) is 5.41 Å². The van der Waals surface area contributed by atoms with Gasteiger partial charge in [-0.2, -0.15) is 5.26 Å². The van der Waals surface area contributed by atoms with Gasteiger partial charge in [0.05, 0.1) is 11.5 Å². The van der Waals surface area contributed by atoms with Gasteiger partial charge in [-0.05, 0) is 76.5 Å². The van der Waals surface area contributed by atoms with Crippen LogP contribution in [0.4, 0.5) is 18.0 Å². The third-order valence-corrected chi connectivity index (χ3v) is 6.82. The summed E-state index contributed by atoms with van der Waals surface area (Å²) in [5.74, 6) is -3.13. The van der Waals surface area contributed by atoms with E-state index in [2.05, 4.69) is 6.07 Å². The molecule has 44 heavy (non-hydrogen) atoms. The van der Waals surface area contributed by atoms with Crippen molar-refractivity contribution in [1.82, 2.24) is 0 Å². The third kappa shape index (κ3) is 12.1. The van der Waals surface area contributed by atoms with E-state index in [1.165, 1.54) is 6.07 Å². The fourth-order valence-electron chi connectivity index (χ4n) is 5.54. The Bertz CT molecular complexity index is 1200. The van der Waals surface area contributed by atoms with E-state index >= 15 is 13.2 Å². The molecule has 0 aromatic heterocycles. The van der Waals surface area contributed by atoms with E-state index in [-0.39, 0.29) is 74.5 Å². The lowest BCUT2D eigenvalue weighted by atomic mass is 9.61. The number of hydrogen-bond acceptors (Lipinski definition) is 5. The lowest BCUT2D eigenvalue weighted by molar-refractivity contribution is 0.0205. The second kappa shape index (κ2) is 17.9. The van der Waals surface area contributed by atoms with Gasteiger partial charge in [-0.3, -0.25) is 0 Å². The Labute approximate surface area is 267 Å². The van der Waals surface area contributed by atoms with Gasteiger partial charge in [0.25, 0.3) is 0 Å². The van der Waals surface area contributed by atoms with Crippen LogP contribution < -0.4 is 4.74 Å². The maximum absolute atomic E-state index is 15.7. The monoisotopic (exact) mass is 629 g/mol. The molecule has 0 saturated carbocycles. The number of phenols is 1. The van der Waals surface area contributed by atoms with Gasteiger partial charge in [0.15, 0.2) is 0 Å². The van der Waals surface area contributed by atoms with Crippen LogP contribution in [0.25, 0.3) is 0 Å². The molecule has 0 bridgehead atoms. The van der Waals surface area contributed by atoms with Crippen LogP contribution in [0.5, 0.6) is 11.5 Å². The van der Waals surface area contributed by atoms with E-state index in [4.69, 9.17) is 9.47 Å². The van der Waals surface area contributed by atoms with Crippen molar-refractivity contribution in [3.8, 4) is 17.6 Å². The molecule has 0 aliphatic rings. The van der Waals surface area contributed by atoms with E-state index in [0.717, 1.165) is 18.2 Å². The smallest absolute Gasteiger partial charge is 0.508 e. The van der Waals surface area contributed by atoms with Gasteiger partial charge in [0.1, 0.15) is 34.6 Å². The second-order valence-electron chi connectivity index (χ2n) is 12.3. The van der Waals surface area contributed by atoms with Crippen molar-refractivity contribution in [3.05, 3.63) is 58.4 Å². The molecular formula is C36H62F3NO4. The molecule has 0 fully saturated rings. The predicted octanol–water partition coefficient (Wildman–Crippen LogP) is 12.2. The number of hydrogen-bond donors (Lipinski definition) is 1. The van der Waals surface area contributed by atoms with Crippen LogP contribution in [0.15, 0.2) is 24.3 Å². The van der Waals surface area contributed by atoms with E-state index in [0.29, 0.717) is 17.5 Å². The summed E-state index contributed by atoms with van der Waals surface area (Å²) in [5, 5.41) is 19.7. The maximum Gasteiger partial charge on any atom is 0.514 e. The minimum Gasteiger partial charge on any atom is -0.508 e. The summed E-state index contributed by atoms with van der Waals surface area (Å²) in [6.07, 6.45) is -0.529. The molecule has 5 nitrogen and oxygen atoms in total. The van der Waals surface area contributed by atoms with Crippen LogP contribution in [0, 0.1) is 41.1 Å². The highest BCUT2D eigenvalue weighted by Crippen LogP contribution is 2.49. The number of aryl methyl sites for hydroxylation is 1. The molecule has 2 aromatic rings. The number of halogens is 3. The third-order valence-electron chi connectivity index (χ3n) is 6.82. The molecule has 0 amide bonds. The summed E-state index contributed by atoms with van der Waals surface area (Å²) in [6, 6.07) is 6.54. The lowest BCUT2D eigenvalue weighted by Gasteiger charge is -2.42. The highest BCUT2D eigenvalue weighted by atomic mass is 19.1. The van der Waals surface area contributed by atoms with Gasteiger partial charge in [0.2, 0.25) is 0 Å².